The number of rotatable bonds is 37. The molecule has 33 nitrogen and oxygen atoms in total. The molecule has 4 rings (SSSR count). The largest absolute Gasteiger partial charge is 0.480 e. The van der Waals surface area contributed by atoms with E-state index >= 15 is 0 Å². The van der Waals surface area contributed by atoms with Gasteiger partial charge in [0.25, 0.3) is 5.56 Å². The van der Waals surface area contributed by atoms with E-state index in [1.165, 1.54) is 7.11 Å². The summed E-state index contributed by atoms with van der Waals surface area (Å²) in [5.41, 5.74) is 15.2. The summed E-state index contributed by atoms with van der Waals surface area (Å²) in [7, 11) is 1.22. The number of methoxy groups -OCH3 is 1. The molecule has 4 heterocycles. The first kappa shape index (κ1) is 70.9. The van der Waals surface area contributed by atoms with E-state index in [-0.39, 0.29) is 51.4 Å². The van der Waals surface area contributed by atoms with Gasteiger partial charge in [-0.1, -0.05) is 79.1 Å². The lowest BCUT2D eigenvalue weighted by atomic mass is 9.96. The van der Waals surface area contributed by atoms with E-state index in [0.717, 1.165) is 61.8 Å². The lowest BCUT2D eigenvalue weighted by Gasteiger charge is -2.34. The summed E-state index contributed by atoms with van der Waals surface area (Å²) in [4.78, 5) is 112. The van der Waals surface area contributed by atoms with Crippen LogP contribution in [0.5, 0.6) is 0 Å². The first-order valence-corrected chi connectivity index (χ1v) is 28.8. The molecule has 0 unspecified atom stereocenters. The normalized spacial score (nSPS) is 24.2. The molecule has 2 saturated heterocycles. The molecule has 3 aliphatic rings. The van der Waals surface area contributed by atoms with Crippen LogP contribution in [0.4, 0.5) is 4.79 Å². The van der Waals surface area contributed by atoms with Crippen molar-refractivity contribution < 1.29 is 83.2 Å². The second-order valence-electron chi connectivity index (χ2n) is 21.9. The van der Waals surface area contributed by atoms with Crippen molar-refractivity contribution >= 4 is 47.7 Å². The van der Waals surface area contributed by atoms with Crippen LogP contribution < -0.4 is 60.4 Å². The molecule has 0 saturated carbocycles. The number of aromatic amines is 1. The maximum absolute atomic E-state index is 14.6. The summed E-state index contributed by atoms with van der Waals surface area (Å²) < 4.78 is 30.0. The number of nitrogens with two attached hydrogens (primary N) is 3. The van der Waals surface area contributed by atoms with Gasteiger partial charge in [-0.3, -0.25) is 49.1 Å². The molecule has 15 atom stereocenters. The number of aliphatic hydroxyl groups is 3. The maximum atomic E-state index is 14.6. The summed E-state index contributed by atoms with van der Waals surface area (Å²) in [6.07, 6.45) is -6.04. The van der Waals surface area contributed by atoms with Crippen LogP contribution in [0, 0.1) is 17.2 Å². The lowest BCUT2D eigenvalue weighted by molar-refractivity contribution is -0.231. The summed E-state index contributed by atoms with van der Waals surface area (Å²) in [6, 6.07) is -7.38. The third kappa shape index (κ3) is 21.4. The second-order valence-corrected chi connectivity index (χ2v) is 21.9. The molecule has 3 aliphatic heterocycles. The third-order valence-corrected chi connectivity index (χ3v) is 14.8. The number of carboxylic acid groups (broad SMARTS) is 2. The van der Waals surface area contributed by atoms with E-state index in [4.69, 9.17) is 46.3 Å². The second kappa shape index (κ2) is 35.2. The number of esters is 1. The molecule has 1 aromatic heterocycles. The van der Waals surface area contributed by atoms with Gasteiger partial charge in [-0.05, 0) is 44.1 Å². The van der Waals surface area contributed by atoms with Gasteiger partial charge in [0, 0.05) is 52.0 Å². The highest BCUT2D eigenvalue weighted by Gasteiger charge is 2.54. The van der Waals surface area contributed by atoms with Gasteiger partial charge in [0.2, 0.25) is 17.8 Å². The van der Waals surface area contributed by atoms with Gasteiger partial charge < -0.3 is 98.3 Å². The number of nitrogens with one attached hydrogen (secondary N) is 8. The van der Waals surface area contributed by atoms with Gasteiger partial charge in [0.15, 0.2) is 18.5 Å². The van der Waals surface area contributed by atoms with Crippen molar-refractivity contribution in [3.63, 3.8) is 0 Å². The quantitative estimate of drug-likeness (QED) is 0.0101. The van der Waals surface area contributed by atoms with Gasteiger partial charge in [-0.15, -0.1) is 0 Å². The first-order valence-electron chi connectivity index (χ1n) is 28.8. The molecule has 0 aromatic carbocycles. The molecule has 33 heteroatoms. The molecule has 0 aliphatic carbocycles. The molecule has 0 spiro atoms. The van der Waals surface area contributed by atoms with Crippen molar-refractivity contribution in [2.45, 2.75) is 203 Å². The summed E-state index contributed by atoms with van der Waals surface area (Å²) >= 11 is 0. The fourth-order valence-corrected chi connectivity index (χ4v) is 10.1. The van der Waals surface area contributed by atoms with Gasteiger partial charge >= 0.3 is 29.6 Å². The Morgan fingerprint density at radius 1 is 0.835 bits per heavy atom. The number of aliphatic carboxylic acids is 2. The van der Waals surface area contributed by atoms with Gasteiger partial charge in [-0.25, -0.2) is 19.4 Å². The molecular weight excluding hydrogens is 1120 g/mol. The van der Waals surface area contributed by atoms with Crippen molar-refractivity contribution in [2.75, 3.05) is 39.8 Å². The molecule has 1 aromatic rings. The Labute approximate surface area is 491 Å². The minimum absolute atomic E-state index is 0.0221. The predicted octanol–water partition coefficient (Wildman–Crippen LogP) is -3.47. The average Bonchev–Trinajstić information content (AvgIpc) is 2.96. The lowest BCUT2D eigenvalue weighted by Crippen LogP contribution is -2.66. The van der Waals surface area contributed by atoms with Crippen LogP contribution >= 0.6 is 0 Å². The molecule has 0 bridgehead atoms. The number of carboxylic acids is 2. The number of hydroxylamine groups is 2. The SMILES string of the molecule is CO[C@H]1[C@H](O[C@H]([C@H]2O[C@@H](n3ccc(=O)[nH]c3=O)[C@H](O)[C@@H]2O)[C@H](NCCCNC(=O)[C@@H](NC(=O)[C@@H](NC(=O)N[C@H](C(=O)O)C(C)C)[C@@H]2CCN=C(N)N2)[C@@H](OC(=O)CCCCCCCCCCCCN(O)C(=N)N)C(C)C)C(=O)O)O[C@H](CN)[C@H]1O. The van der Waals surface area contributed by atoms with E-state index in [0.29, 0.717) is 30.9 Å². The number of carbonyl (C=O) groups is 6. The van der Waals surface area contributed by atoms with E-state index in [1.54, 1.807) is 27.7 Å². The molecule has 2 fully saturated rings. The monoisotopic (exact) mass is 1210 g/mol. The van der Waals surface area contributed by atoms with Crippen molar-refractivity contribution in [3.8, 4) is 0 Å². The summed E-state index contributed by atoms with van der Waals surface area (Å²) in [5, 5.41) is 87.2. The smallest absolute Gasteiger partial charge is 0.330 e. The number of aromatic nitrogens is 2. The van der Waals surface area contributed by atoms with Crippen molar-refractivity contribution in [1.29, 1.82) is 5.41 Å². The number of nitrogens with zero attached hydrogens (tertiary/aromatic N) is 3. The van der Waals surface area contributed by atoms with Crippen LogP contribution in [0.1, 0.15) is 117 Å². The van der Waals surface area contributed by atoms with Gasteiger partial charge in [-0.2, -0.15) is 0 Å². The zero-order valence-electron chi connectivity index (χ0n) is 48.8. The Bertz CT molecular complexity index is 2490. The minimum Gasteiger partial charge on any atom is -0.480 e. The fourth-order valence-electron chi connectivity index (χ4n) is 10.1. The number of unbranched alkanes of at least 4 members (excludes halogenated alkanes) is 9. The van der Waals surface area contributed by atoms with Crippen molar-refractivity contribution in [2.24, 2.45) is 34.0 Å². The number of hydrogen-bond acceptors (Lipinski definition) is 23. The van der Waals surface area contributed by atoms with Crippen molar-refractivity contribution in [3.05, 3.63) is 33.1 Å². The number of carbonyl (C=O) groups excluding carboxylic acids is 4. The number of aliphatic hydroxyl groups excluding tert-OH is 3. The topological polar surface area (TPSA) is 514 Å². The van der Waals surface area contributed by atoms with E-state index in [9.17, 15) is 69.1 Å². The Kier molecular flexibility index (Phi) is 29.3. The first-order chi connectivity index (χ1) is 40.3. The Balaban J connectivity index is 1.52. The van der Waals surface area contributed by atoms with Gasteiger partial charge in [0.05, 0.1) is 6.04 Å². The van der Waals surface area contributed by atoms with Crippen LogP contribution in [-0.2, 0) is 47.7 Å². The predicted molar refractivity (Wildman–Crippen MR) is 301 cm³/mol. The van der Waals surface area contributed by atoms with Crippen LogP contribution in [-0.4, -0.2) is 218 Å². The highest BCUT2D eigenvalue weighted by atomic mass is 16.7. The number of amides is 4. The van der Waals surface area contributed by atoms with E-state index < -0.39 is 156 Å². The minimum atomic E-state index is -1.94. The molecule has 20 N–H and O–H groups in total. The third-order valence-electron chi connectivity index (χ3n) is 14.8. The van der Waals surface area contributed by atoms with Crippen molar-refractivity contribution in [1.82, 2.24) is 46.5 Å². The molecular formula is C52H90N14O19. The number of urea groups is 1. The van der Waals surface area contributed by atoms with Crippen LogP contribution in [0.3, 0.4) is 0 Å². The molecule has 482 valence electrons. The molecule has 85 heavy (non-hydrogen) atoms. The van der Waals surface area contributed by atoms with Crippen LogP contribution in [0.2, 0.25) is 0 Å². The Morgan fingerprint density at radius 2 is 1.47 bits per heavy atom. The number of hydrogen-bond donors (Lipinski definition) is 17. The number of H-pyrrole nitrogens is 1. The fraction of sp³-hybridized carbons (Fsp3) is 0.769. The van der Waals surface area contributed by atoms with E-state index in [2.05, 4.69) is 36.9 Å². The highest BCUT2D eigenvalue weighted by Crippen LogP contribution is 2.35. The maximum Gasteiger partial charge on any atom is 0.330 e. The zero-order valence-corrected chi connectivity index (χ0v) is 48.8. The standard InChI is InChI=1S/C52H90N14O19/c1-26(2)32(46(74)75)63-51(78)64-33(28-18-22-59-50(56)60-28)44(73)62-34(39(27(3)4)83-31(68)17-14-12-10-8-6-7-9-11-13-15-23-66(80)49(54)55)43(72)58-21-16-20-57-35(47(76)77)40(85-48-42(81-5)36(69)29(25-53)82-48)41-37(70)38(71)45(84-41)65-24-19-30(67)61-52(65)79/h19,24,26-29,32-42,45,48,57,69-71,80H,6-18,20-23,25,53H2,1-5H3,(H3,54,55)(H,58,72)(H,62,73)(H,74,75)(H,76,77)(H3,56,59,60)(H,61,67,79)(H2,63,64,78)/t28-,29+,32-,33-,34-,35-,36+,37-,38+,39-,40-,41-,42+,45+,48-/m0/s1. The Hall–Kier alpha value is -6.56. The van der Waals surface area contributed by atoms with Gasteiger partial charge in [0.1, 0.15) is 73.0 Å². The summed E-state index contributed by atoms with van der Waals surface area (Å²) in [6.45, 7) is 6.19. The number of guanidine groups is 2. The zero-order chi connectivity index (χ0) is 63.1. The highest BCUT2D eigenvalue weighted by molar-refractivity contribution is 5.94. The van der Waals surface area contributed by atoms with Crippen LogP contribution in [0.25, 0.3) is 0 Å². The number of aliphatic imine (C=N–C) groups is 1. The van der Waals surface area contributed by atoms with E-state index in [1.807, 2.05) is 4.98 Å². The molecule has 0 radical (unpaired) electrons. The number of ether oxygens (including phenoxy) is 5. The average molecular weight is 1220 g/mol. The van der Waals surface area contributed by atoms with Crippen LogP contribution in [0.15, 0.2) is 26.8 Å². The summed E-state index contributed by atoms with van der Waals surface area (Å²) in [5.74, 6) is -7.05. The molecule has 4 amide bonds. The Morgan fingerprint density at radius 3 is 2.04 bits per heavy atom.